The zero-order valence-electron chi connectivity index (χ0n) is 18.6. The molecule has 4 rings (SSSR count). The molecule has 3 N–H and O–H groups in total. The molecular weight excluding hydrogens is 388 g/mol. The average Bonchev–Trinajstić information content (AvgIpc) is 3.24. The molecule has 0 spiro atoms. The highest BCUT2D eigenvalue weighted by molar-refractivity contribution is 5.74. The van der Waals surface area contributed by atoms with Crippen LogP contribution in [0.25, 0.3) is 0 Å². The Morgan fingerprint density at radius 1 is 1.13 bits per heavy atom. The number of rotatable bonds is 7. The Bertz CT molecular complexity index is 848. The SMILES string of the molecule is CCOc1ccc(C2NNCC2CN2CCC(NC(C)=O)(c3ccccc3)CC2)cc1. The van der Waals surface area contributed by atoms with Gasteiger partial charge in [-0.15, -0.1) is 0 Å². The largest absolute Gasteiger partial charge is 0.494 e. The predicted octanol–water partition coefficient (Wildman–Crippen LogP) is 2.98. The van der Waals surface area contributed by atoms with Crippen LogP contribution < -0.4 is 20.9 Å². The molecule has 6 heteroatoms. The number of carbonyl (C=O) groups excluding carboxylic acids is 1. The van der Waals surface area contributed by atoms with Crippen molar-refractivity contribution in [1.82, 2.24) is 21.1 Å². The van der Waals surface area contributed by atoms with Crippen LogP contribution >= 0.6 is 0 Å². The predicted molar refractivity (Wildman–Crippen MR) is 123 cm³/mol. The maximum atomic E-state index is 12.0. The average molecular weight is 423 g/mol. The number of amides is 1. The molecule has 2 aromatic carbocycles. The molecule has 0 radical (unpaired) electrons. The number of carbonyl (C=O) groups is 1. The lowest BCUT2D eigenvalue weighted by Crippen LogP contribution is -2.53. The maximum absolute atomic E-state index is 12.0. The number of nitrogens with zero attached hydrogens (tertiary/aromatic N) is 1. The molecule has 0 saturated carbocycles. The second kappa shape index (κ2) is 9.81. The van der Waals surface area contributed by atoms with E-state index in [1.807, 2.05) is 13.0 Å². The molecular formula is C25H34N4O2. The summed E-state index contributed by atoms with van der Waals surface area (Å²) < 4.78 is 5.58. The van der Waals surface area contributed by atoms with Gasteiger partial charge in [-0.2, -0.15) is 0 Å². The number of nitrogens with one attached hydrogen (secondary N) is 3. The summed E-state index contributed by atoms with van der Waals surface area (Å²) in [6.07, 6.45) is 1.86. The van der Waals surface area contributed by atoms with E-state index in [1.54, 1.807) is 6.92 Å². The Morgan fingerprint density at radius 3 is 2.48 bits per heavy atom. The van der Waals surface area contributed by atoms with Gasteiger partial charge < -0.3 is 15.0 Å². The van der Waals surface area contributed by atoms with Crippen LogP contribution in [0.3, 0.4) is 0 Å². The lowest BCUT2D eigenvalue weighted by atomic mass is 9.80. The smallest absolute Gasteiger partial charge is 0.217 e. The van der Waals surface area contributed by atoms with Crippen LogP contribution in [0, 0.1) is 5.92 Å². The van der Waals surface area contributed by atoms with E-state index in [-0.39, 0.29) is 17.5 Å². The van der Waals surface area contributed by atoms with Crippen molar-refractivity contribution >= 4 is 5.91 Å². The van der Waals surface area contributed by atoms with Gasteiger partial charge in [-0.25, -0.2) is 5.43 Å². The molecule has 0 aliphatic carbocycles. The van der Waals surface area contributed by atoms with Crippen molar-refractivity contribution < 1.29 is 9.53 Å². The first-order valence-corrected chi connectivity index (χ1v) is 11.4. The molecule has 6 nitrogen and oxygen atoms in total. The molecule has 2 aromatic rings. The molecule has 2 atom stereocenters. The molecule has 2 aliphatic heterocycles. The van der Waals surface area contributed by atoms with E-state index in [4.69, 9.17) is 4.74 Å². The van der Waals surface area contributed by atoms with Gasteiger partial charge in [-0.05, 0) is 43.0 Å². The molecule has 0 bridgehead atoms. The molecule has 0 aromatic heterocycles. The monoisotopic (exact) mass is 422 g/mol. The third-order valence-corrected chi connectivity index (χ3v) is 6.59. The number of ether oxygens (including phenoxy) is 1. The van der Waals surface area contributed by atoms with Crippen LogP contribution in [0.2, 0.25) is 0 Å². The molecule has 2 heterocycles. The number of likely N-dealkylation sites (tertiary alicyclic amines) is 1. The van der Waals surface area contributed by atoms with Crippen LogP contribution in [0.4, 0.5) is 0 Å². The molecule has 2 fully saturated rings. The highest BCUT2D eigenvalue weighted by Crippen LogP contribution is 2.34. The first kappa shape index (κ1) is 21.8. The minimum atomic E-state index is -0.260. The van der Waals surface area contributed by atoms with Gasteiger partial charge in [0.1, 0.15) is 5.75 Å². The van der Waals surface area contributed by atoms with Crippen molar-refractivity contribution in [3.63, 3.8) is 0 Å². The van der Waals surface area contributed by atoms with Crippen molar-refractivity contribution in [2.75, 3.05) is 32.8 Å². The minimum absolute atomic E-state index is 0.0389. The molecule has 2 aliphatic rings. The fourth-order valence-corrected chi connectivity index (χ4v) is 5.03. The zero-order chi connectivity index (χ0) is 21.7. The van der Waals surface area contributed by atoms with E-state index < -0.39 is 0 Å². The van der Waals surface area contributed by atoms with E-state index in [0.717, 1.165) is 44.8 Å². The highest BCUT2D eigenvalue weighted by atomic mass is 16.5. The Balaban J connectivity index is 1.40. The third kappa shape index (κ3) is 5.09. The number of hydrogen-bond donors (Lipinski definition) is 3. The van der Waals surface area contributed by atoms with Gasteiger partial charge in [0, 0.05) is 39.0 Å². The normalized spacial score (nSPS) is 23.4. The molecule has 166 valence electrons. The Labute approximate surface area is 185 Å². The van der Waals surface area contributed by atoms with Crippen molar-refractivity contribution in [2.24, 2.45) is 5.92 Å². The van der Waals surface area contributed by atoms with Gasteiger partial charge in [-0.3, -0.25) is 10.2 Å². The summed E-state index contributed by atoms with van der Waals surface area (Å²) in [4.78, 5) is 14.5. The minimum Gasteiger partial charge on any atom is -0.494 e. The summed E-state index contributed by atoms with van der Waals surface area (Å²) in [6, 6.07) is 19.1. The van der Waals surface area contributed by atoms with Crippen molar-refractivity contribution in [3.8, 4) is 5.75 Å². The number of hydrogen-bond acceptors (Lipinski definition) is 5. The molecule has 2 unspecified atom stereocenters. The van der Waals surface area contributed by atoms with E-state index >= 15 is 0 Å². The summed E-state index contributed by atoms with van der Waals surface area (Å²) >= 11 is 0. The van der Waals surface area contributed by atoms with Crippen molar-refractivity contribution in [2.45, 2.75) is 38.3 Å². The molecule has 1 amide bonds. The summed E-state index contributed by atoms with van der Waals surface area (Å²) in [6.45, 7) is 8.23. The van der Waals surface area contributed by atoms with Crippen LogP contribution in [-0.4, -0.2) is 43.6 Å². The van der Waals surface area contributed by atoms with Crippen LogP contribution in [0.5, 0.6) is 5.75 Å². The van der Waals surface area contributed by atoms with Crippen LogP contribution in [-0.2, 0) is 10.3 Å². The van der Waals surface area contributed by atoms with Gasteiger partial charge in [0.15, 0.2) is 0 Å². The summed E-state index contributed by atoms with van der Waals surface area (Å²) in [7, 11) is 0. The Hall–Kier alpha value is -2.41. The summed E-state index contributed by atoms with van der Waals surface area (Å²) in [5.74, 6) is 1.44. The Morgan fingerprint density at radius 2 is 1.84 bits per heavy atom. The number of piperidine rings is 1. The van der Waals surface area contributed by atoms with E-state index in [9.17, 15) is 4.79 Å². The first-order chi connectivity index (χ1) is 15.1. The van der Waals surface area contributed by atoms with Gasteiger partial charge in [0.25, 0.3) is 0 Å². The first-order valence-electron chi connectivity index (χ1n) is 11.4. The summed E-state index contributed by atoms with van der Waals surface area (Å²) in [5.41, 5.74) is 9.05. The molecule has 2 saturated heterocycles. The summed E-state index contributed by atoms with van der Waals surface area (Å²) in [5, 5.41) is 3.27. The lowest BCUT2D eigenvalue weighted by Gasteiger charge is -2.43. The zero-order valence-corrected chi connectivity index (χ0v) is 18.6. The van der Waals surface area contributed by atoms with Crippen molar-refractivity contribution in [3.05, 3.63) is 65.7 Å². The second-order valence-corrected chi connectivity index (χ2v) is 8.69. The molecule has 31 heavy (non-hydrogen) atoms. The van der Waals surface area contributed by atoms with E-state index in [2.05, 4.69) is 69.6 Å². The maximum Gasteiger partial charge on any atom is 0.217 e. The van der Waals surface area contributed by atoms with Gasteiger partial charge in [0.05, 0.1) is 18.2 Å². The second-order valence-electron chi connectivity index (χ2n) is 8.69. The van der Waals surface area contributed by atoms with E-state index in [1.165, 1.54) is 11.1 Å². The number of hydrazine groups is 1. The van der Waals surface area contributed by atoms with Crippen LogP contribution in [0.1, 0.15) is 43.9 Å². The standard InChI is InChI=1S/C25H34N4O2/c1-3-31-23-11-9-20(10-12-23)24-21(17-26-28-24)18-29-15-13-25(14-16-29,27-19(2)30)22-7-5-4-6-8-22/h4-12,21,24,26,28H,3,13-18H2,1-2H3,(H,27,30). The lowest BCUT2D eigenvalue weighted by molar-refractivity contribution is -0.121. The fraction of sp³-hybridized carbons (Fsp3) is 0.480. The van der Waals surface area contributed by atoms with Gasteiger partial charge in [-0.1, -0.05) is 42.5 Å². The quantitative estimate of drug-likeness (QED) is 0.640. The highest BCUT2D eigenvalue weighted by Gasteiger charge is 2.38. The van der Waals surface area contributed by atoms with Gasteiger partial charge >= 0.3 is 0 Å². The fourth-order valence-electron chi connectivity index (χ4n) is 5.03. The topological polar surface area (TPSA) is 65.6 Å². The third-order valence-electron chi connectivity index (χ3n) is 6.59. The van der Waals surface area contributed by atoms with Crippen LogP contribution in [0.15, 0.2) is 54.6 Å². The number of benzene rings is 2. The van der Waals surface area contributed by atoms with Crippen molar-refractivity contribution in [1.29, 1.82) is 0 Å². The van der Waals surface area contributed by atoms with E-state index in [0.29, 0.717) is 12.5 Å². The van der Waals surface area contributed by atoms with Gasteiger partial charge in [0.2, 0.25) is 5.91 Å². The Kier molecular flexibility index (Phi) is 6.90.